The molecule has 2 rings (SSSR count). The van der Waals surface area contributed by atoms with Crippen LogP contribution in [0.4, 0.5) is 0 Å². The second kappa shape index (κ2) is 4.92. The number of hydrogen-bond acceptors (Lipinski definition) is 3. The molecule has 0 aliphatic heterocycles. The van der Waals surface area contributed by atoms with Gasteiger partial charge in [-0.2, -0.15) is 0 Å². The van der Waals surface area contributed by atoms with Crippen molar-refractivity contribution in [3.05, 3.63) is 23.5 Å². The van der Waals surface area contributed by atoms with Crippen LogP contribution in [0.25, 0.3) is 0 Å². The molecular formula is C11H15ClN2O2S. The van der Waals surface area contributed by atoms with Gasteiger partial charge >= 0.3 is 0 Å². The Kier molecular flexibility index (Phi) is 3.70. The largest absolute Gasteiger partial charge is 0.263 e. The van der Waals surface area contributed by atoms with Crippen LogP contribution in [0.15, 0.2) is 23.4 Å². The van der Waals surface area contributed by atoms with Gasteiger partial charge in [-0.1, -0.05) is 24.9 Å². The summed E-state index contributed by atoms with van der Waals surface area (Å²) in [6.45, 7) is 2.06. The maximum atomic E-state index is 12.1. The molecule has 1 fully saturated rings. The summed E-state index contributed by atoms with van der Waals surface area (Å²) in [6, 6.07) is 1.49. The maximum absolute atomic E-state index is 12.1. The lowest BCUT2D eigenvalue weighted by molar-refractivity contribution is 0.476. The standard InChI is InChI=1S/C11H15ClN2O2S/c1-8-3-2-4-10(8)14-17(15,16)11-7-13-6-5-9(11)12/h5-8,10,14H,2-4H2,1H3. The first-order chi connectivity index (χ1) is 8.00. The molecule has 0 bridgehead atoms. The summed E-state index contributed by atoms with van der Waals surface area (Å²) in [7, 11) is -3.55. The third-order valence-corrected chi connectivity index (χ3v) is 5.15. The number of pyridine rings is 1. The van der Waals surface area contributed by atoms with Gasteiger partial charge in [0.25, 0.3) is 0 Å². The second-order valence-corrected chi connectivity index (χ2v) is 6.53. The van der Waals surface area contributed by atoms with E-state index in [9.17, 15) is 8.42 Å². The number of halogens is 1. The third-order valence-electron chi connectivity index (χ3n) is 3.19. The van der Waals surface area contributed by atoms with Crippen LogP contribution >= 0.6 is 11.6 Å². The fourth-order valence-corrected chi connectivity index (χ4v) is 3.95. The molecular weight excluding hydrogens is 260 g/mol. The van der Waals surface area contributed by atoms with Gasteiger partial charge in [0, 0.05) is 18.4 Å². The molecule has 1 N–H and O–H groups in total. The number of hydrogen-bond donors (Lipinski definition) is 1. The van der Waals surface area contributed by atoms with Crippen molar-refractivity contribution in [3.8, 4) is 0 Å². The van der Waals surface area contributed by atoms with Crippen LogP contribution < -0.4 is 4.72 Å². The van der Waals surface area contributed by atoms with Gasteiger partial charge < -0.3 is 0 Å². The Morgan fingerprint density at radius 1 is 1.47 bits per heavy atom. The molecule has 1 heterocycles. The fraction of sp³-hybridized carbons (Fsp3) is 0.545. The van der Waals surface area contributed by atoms with Crippen molar-refractivity contribution in [1.82, 2.24) is 9.71 Å². The van der Waals surface area contributed by atoms with Crippen LogP contribution in [0.2, 0.25) is 5.02 Å². The summed E-state index contributed by atoms with van der Waals surface area (Å²) in [4.78, 5) is 3.86. The molecule has 0 aromatic carbocycles. The quantitative estimate of drug-likeness (QED) is 0.919. The summed E-state index contributed by atoms with van der Waals surface area (Å²) < 4.78 is 26.9. The van der Waals surface area contributed by atoms with Crippen molar-refractivity contribution >= 4 is 21.6 Å². The van der Waals surface area contributed by atoms with Crippen molar-refractivity contribution in [1.29, 1.82) is 0 Å². The molecule has 2 atom stereocenters. The van der Waals surface area contributed by atoms with E-state index in [2.05, 4.69) is 16.6 Å². The number of rotatable bonds is 3. The van der Waals surface area contributed by atoms with E-state index in [-0.39, 0.29) is 16.0 Å². The van der Waals surface area contributed by atoms with E-state index in [0.717, 1.165) is 19.3 Å². The lowest BCUT2D eigenvalue weighted by Crippen LogP contribution is -2.36. The smallest absolute Gasteiger partial charge is 0.243 e. The highest BCUT2D eigenvalue weighted by molar-refractivity contribution is 7.89. The summed E-state index contributed by atoms with van der Waals surface area (Å²) in [5, 5.41) is 0.207. The molecule has 17 heavy (non-hydrogen) atoms. The van der Waals surface area contributed by atoms with Gasteiger partial charge in [-0.25, -0.2) is 13.1 Å². The zero-order valence-corrected chi connectivity index (χ0v) is 11.1. The molecule has 0 radical (unpaired) electrons. The molecule has 1 aliphatic rings. The zero-order chi connectivity index (χ0) is 12.5. The lowest BCUT2D eigenvalue weighted by Gasteiger charge is -2.17. The van der Waals surface area contributed by atoms with Gasteiger partial charge in [-0.3, -0.25) is 4.98 Å². The highest BCUT2D eigenvalue weighted by Crippen LogP contribution is 2.27. The zero-order valence-electron chi connectivity index (χ0n) is 9.56. The summed E-state index contributed by atoms with van der Waals surface area (Å²) >= 11 is 5.87. The summed E-state index contributed by atoms with van der Waals surface area (Å²) in [5.41, 5.74) is 0. The number of aromatic nitrogens is 1. The van der Waals surface area contributed by atoms with E-state index >= 15 is 0 Å². The Bertz CT molecular complexity index is 504. The normalized spacial score (nSPS) is 25.1. The summed E-state index contributed by atoms with van der Waals surface area (Å²) in [5.74, 6) is 0.375. The molecule has 0 spiro atoms. The number of sulfonamides is 1. The SMILES string of the molecule is CC1CCCC1NS(=O)(=O)c1cnccc1Cl. The van der Waals surface area contributed by atoms with E-state index in [1.807, 2.05) is 0 Å². The molecule has 6 heteroatoms. The van der Waals surface area contributed by atoms with Crippen LogP contribution in [0.5, 0.6) is 0 Å². The first-order valence-electron chi connectivity index (χ1n) is 5.62. The predicted octanol–water partition coefficient (Wildman–Crippen LogP) is 2.20. The molecule has 94 valence electrons. The van der Waals surface area contributed by atoms with E-state index in [1.165, 1.54) is 18.5 Å². The second-order valence-electron chi connectivity index (χ2n) is 4.44. The maximum Gasteiger partial charge on any atom is 0.243 e. The van der Waals surface area contributed by atoms with E-state index < -0.39 is 10.0 Å². The molecule has 1 aliphatic carbocycles. The Morgan fingerprint density at radius 2 is 2.24 bits per heavy atom. The lowest BCUT2D eigenvalue weighted by atomic mass is 10.1. The van der Waals surface area contributed by atoms with Gasteiger partial charge in [0.15, 0.2) is 0 Å². The van der Waals surface area contributed by atoms with Crippen LogP contribution in [-0.4, -0.2) is 19.4 Å². The average molecular weight is 275 g/mol. The molecule has 4 nitrogen and oxygen atoms in total. The van der Waals surface area contributed by atoms with Crippen LogP contribution in [-0.2, 0) is 10.0 Å². The minimum atomic E-state index is -3.55. The predicted molar refractivity (Wildman–Crippen MR) is 66.4 cm³/mol. The Morgan fingerprint density at radius 3 is 2.82 bits per heavy atom. The molecule has 0 saturated heterocycles. The van der Waals surface area contributed by atoms with Gasteiger partial charge in [-0.05, 0) is 24.8 Å². The highest BCUT2D eigenvalue weighted by Gasteiger charge is 2.29. The molecule has 0 amide bonds. The number of nitrogens with zero attached hydrogens (tertiary/aromatic N) is 1. The minimum Gasteiger partial charge on any atom is -0.263 e. The van der Waals surface area contributed by atoms with Crippen molar-refractivity contribution < 1.29 is 8.42 Å². The van der Waals surface area contributed by atoms with Crippen LogP contribution in [0.1, 0.15) is 26.2 Å². The first-order valence-corrected chi connectivity index (χ1v) is 7.48. The molecule has 1 aromatic heterocycles. The van der Waals surface area contributed by atoms with Gasteiger partial charge in [0.2, 0.25) is 10.0 Å². The van der Waals surface area contributed by atoms with Crippen molar-refractivity contribution in [2.75, 3.05) is 0 Å². The minimum absolute atomic E-state index is 0.0104. The Labute approximate surface area is 106 Å². The number of nitrogens with one attached hydrogen (secondary N) is 1. The van der Waals surface area contributed by atoms with Gasteiger partial charge in [0.1, 0.15) is 4.90 Å². The van der Waals surface area contributed by atoms with Crippen LogP contribution in [0.3, 0.4) is 0 Å². The highest BCUT2D eigenvalue weighted by atomic mass is 35.5. The Balaban J connectivity index is 2.22. The van der Waals surface area contributed by atoms with Crippen molar-refractivity contribution in [2.24, 2.45) is 5.92 Å². The fourth-order valence-electron chi connectivity index (χ4n) is 2.14. The van der Waals surface area contributed by atoms with E-state index in [1.54, 1.807) is 0 Å². The van der Waals surface area contributed by atoms with Crippen molar-refractivity contribution in [3.63, 3.8) is 0 Å². The van der Waals surface area contributed by atoms with Gasteiger partial charge in [-0.15, -0.1) is 0 Å². The summed E-state index contributed by atoms with van der Waals surface area (Å²) in [6.07, 6.45) is 5.77. The third kappa shape index (κ3) is 2.78. The monoisotopic (exact) mass is 274 g/mol. The van der Waals surface area contributed by atoms with E-state index in [4.69, 9.17) is 11.6 Å². The topological polar surface area (TPSA) is 59.1 Å². The van der Waals surface area contributed by atoms with E-state index in [0.29, 0.717) is 5.92 Å². The van der Waals surface area contributed by atoms with Gasteiger partial charge in [0.05, 0.1) is 5.02 Å². The molecule has 2 unspecified atom stereocenters. The molecule has 1 saturated carbocycles. The van der Waals surface area contributed by atoms with Crippen molar-refractivity contribution in [2.45, 2.75) is 37.1 Å². The Hall–Kier alpha value is -0.650. The molecule has 1 aromatic rings. The first kappa shape index (κ1) is 12.8. The van der Waals surface area contributed by atoms with Crippen LogP contribution in [0, 0.1) is 5.92 Å². The average Bonchev–Trinajstić information content (AvgIpc) is 2.64.